The molecule has 0 aliphatic carbocycles. The van der Waals surface area contributed by atoms with E-state index in [1.54, 1.807) is 6.07 Å². The first-order chi connectivity index (χ1) is 14.1. The quantitative estimate of drug-likeness (QED) is 0.610. The maximum Gasteiger partial charge on any atom is 0.246 e. The van der Waals surface area contributed by atoms with Crippen LogP contribution in [0.3, 0.4) is 0 Å². The van der Waals surface area contributed by atoms with Gasteiger partial charge in [-0.05, 0) is 25.1 Å². The number of anilines is 1. The lowest BCUT2D eigenvalue weighted by atomic mass is 10.1. The molecule has 0 aliphatic rings. The van der Waals surface area contributed by atoms with Crippen LogP contribution in [0.4, 0.5) is 14.5 Å². The largest absolute Gasteiger partial charge is 0.345 e. The zero-order chi connectivity index (χ0) is 21.9. The van der Waals surface area contributed by atoms with Crippen molar-refractivity contribution in [3.63, 3.8) is 0 Å². The van der Waals surface area contributed by atoms with Gasteiger partial charge in [-0.3, -0.25) is 9.10 Å². The van der Waals surface area contributed by atoms with Gasteiger partial charge in [0.15, 0.2) is 0 Å². The monoisotopic (exact) mass is 436 g/mol. The number of sulfonamides is 1. The topological polar surface area (TPSA) is 105 Å². The van der Waals surface area contributed by atoms with Gasteiger partial charge in [-0.25, -0.2) is 17.2 Å². The molecule has 1 aromatic heterocycles. The molecule has 2 aromatic carbocycles. The Kier molecular flexibility index (Phi) is 6.11. The smallest absolute Gasteiger partial charge is 0.246 e. The molecule has 11 heteroatoms. The minimum absolute atomic E-state index is 0.110. The van der Waals surface area contributed by atoms with Crippen molar-refractivity contribution in [3.05, 3.63) is 65.6 Å². The fourth-order valence-electron chi connectivity index (χ4n) is 2.65. The normalized spacial score (nSPS) is 11.3. The van der Waals surface area contributed by atoms with Gasteiger partial charge in [0.05, 0.1) is 18.5 Å². The summed E-state index contributed by atoms with van der Waals surface area (Å²) in [5, 5.41) is 6.28. The molecule has 0 fully saturated rings. The van der Waals surface area contributed by atoms with Crippen LogP contribution in [0.2, 0.25) is 0 Å². The van der Waals surface area contributed by atoms with E-state index >= 15 is 0 Å². The van der Waals surface area contributed by atoms with Gasteiger partial charge in [-0.2, -0.15) is 4.98 Å². The number of carbonyl (C=O) groups excluding carboxylic acids is 1. The van der Waals surface area contributed by atoms with Gasteiger partial charge in [-0.1, -0.05) is 28.9 Å². The fraction of sp³-hybridized carbons (Fsp3) is 0.211. The van der Waals surface area contributed by atoms with Crippen molar-refractivity contribution in [1.29, 1.82) is 0 Å². The van der Waals surface area contributed by atoms with Crippen LogP contribution in [-0.4, -0.2) is 37.3 Å². The zero-order valence-corrected chi connectivity index (χ0v) is 16.9. The van der Waals surface area contributed by atoms with Gasteiger partial charge in [0.25, 0.3) is 0 Å². The maximum absolute atomic E-state index is 14.0. The summed E-state index contributed by atoms with van der Waals surface area (Å²) in [7, 11) is -4.01. The third-order valence-corrected chi connectivity index (χ3v) is 5.17. The molecule has 0 radical (unpaired) electrons. The lowest BCUT2D eigenvalue weighted by Crippen LogP contribution is -2.40. The molecule has 30 heavy (non-hydrogen) atoms. The van der Waals surface area contributed by atoms with Gasteiger partial charge >= 0.3 is 0 Å². The summed E-state index contributed by atoms with van der Waals surface area (Å²) in [5.41, 5.74) is 1.32. The molecule has 3 aromatic rings. The molecule has 0 atom stereocenters. The molecule has 1 N–H and O–H groups in total. The van der Waals surface area contributed by atoms with E-state index in [1.165, 1.54) is 0 Å². The Hall–Kier alpha value is -3.34. The molecule has 3 rings (SSSR count). The van der Waals surface area contributed by atoms with Crippen LogP contribution in [0.15, 0.2) is 47.0 Å². The number of aryl methyl sites for hydroxylation is 1. The molecule has 0 unspecified atom stereocenters. The predicted molar refractivity (Wildman–Crippen MR) is 105 cm³/mol. The number of nitrogens with one attached hydrogen (secondary N) is 1. The summed E-state index contributed by atoms with van der Waals surface area (Å²) >= 11 is 0. The summed E-state index contributed by atoms with van der Waals surface area (Å²) < 4.78 is 56.8. The molecular weight excluding hydrogens is 418 g/mol. The molecule has 0 spiro atoms. The van der Waals surface area contributed by atoms with E-state index in [1.807, 2.05) is 25.1 Å². The number of hydrogen-bond donors (Lipinski definition) is 1. The Morgan fingerprint density at radius 1 is 1.20 bits per heavy atom. The van der Waals surface area contributed by atoms with E-state index in [-0.39, 0.29) is 12.4 Å². The molecule has 1 amide bonds. The highest BCUT2D eigenvalue weighted by atomic mass is 32.2. The number of rotatable bonds is 7. The van der Waals surface area contributed by atoms with Crippen LogP contribution < -0.4 is 9.62 Å². The number of hydrogen-bond acceptors (Lipinski definition) is 6. The zero-order valence-electron chi connectivity index (χ0n) is 16.1. The van der Waals surface area contributed by atoms with Crippen molar-refractivity contribution in [1.82, 2.24) is 15.5 Å². The Morgan fingerprint density at radius 2 is 1.97 bits per heavy atom. The van der Waals surface area contributed by atoms with Crippen molar-refractivity contribution < 1.29 is 26.5 Å². The average Bonchev–Trinajstić information content (AvgIpc) is 3.13. The van der Waals surface area contributed by atoms with Gasteiger partial charge in [-0.15, -0.1) is 0 Å². The van der Waals surface area contributed by atoms with E-state index in [9.17, 15) is 22.0 Å². The second kappa shape index (κ2) is 8.57. The SMILES string of the molecule is Cc1cccc(-c2noc(CNC(=O)CN(c3ccc(F)cc3F)S(C)(=O)=O)n2)c1. The Labute approximate surface area is 171 Å². The van der Waals surface area contributed by atoms with Crippen molar-refractivity contribution >= 4 is 21.6 Å². The fourth-order valence-corrected chi connectivity index (χ4v) is 3.51. The van der Waals surface area contributed by atoms with Crippen LogP contribution in [0.5, 0.6) is 0 Å². The van der Waals surface area contributed by atoms with E-state index in [0.717, 1.165) is 29.5 Å². The van der Waals surface area contributed by atoms with E-state index < -0.39 is 39.8 Å². The predicted octanol–water partition coefficient (Wildman–Crippen LogP) is 2.41. The minimum atomic E-state index is -4.01. The van der Waals surface area contributed by atoms with Crippen LogP contribution in [0.25, 0.3) is 11.4 Å². The van der Waals surface area contributed by atoms with Gasteiger partial charge < -0.3 is 9.84 Å². The minimum Gasteiger partial charge on any atom is -0.345 e. The average molecular weight is 436 g/mol. The van der Waals surface area contributed by atoms with Crippen LogP contribution in [0.1, 0.15) is 11.5 Å². The first-order valence-corrected chi connectivity index (χ1v) is 10.6. The maximum atomic E-state index is 14.0. The summed E-state index contributed by atoms with van der Waals surface area (Å²) in [4.78, 5) is 16.4. The summed E-state index contributed by atoms with van der Waals surface area (Å²) in [6.07, 6.45) is 0.815. The first-order valence-electron chi connectivity index (χ1n) is 8.72. The Bertz CT molecular complexity index is 1180. The molecule has 158 valence electrons. The third-order valence-electron chi connectivity index (χ3n) is 4.05. The number of aromatic nitrogens is 2. The lowest BCUT2D eigenvalue weighted by molar-refractivity contribution is -0.119. The van der Waals surface area contributed by atoms with Crippen molar-refractivity contribution in [3.8, 4) is 11.4 Å². The Balaban J connectivity index is 1.68. The number of halogens is 2. The second-order valence-electron chi connectivity index (χ2n) is 6.52. The van der Waals surface area contributed by atoms with Crippen LogP contribution in [0, 0.1) is 18.6 Å². The molecule has 0 aliphatic heterocycles. The van der Waals surface area contributed by atoms with Crippen LogP contribution >= 0.6 is 0 Å². The van der Waals surface area contributed by atoms with E-state index in [4.69, 9.17) is 4.52 Å². The Morgan fingerprint density at radius 3 is 2.63 bits per heavy atom. The third kappa shape index (κ3) is 5.17. The summed E-state index contributed by atoms with van der Waals surface area (Å²) in [6, 6.07) is 9.83. The molecule has 0 saturated carbocycles. The standard InChI is InChI=1S/C19H18F2N4O4S/c1-12-4-3-5-13(8-12)19-23-18(29-24-19)10-22-17(26)11-25(30(2,27)28)16-7-6-14(20)9-15(16)21/h3-9H,10-11H2,1-2H3,(H,22,26). The van der Waals surface area contributed by atoms with E-state index in [2.05, 4.69) is 15.5 Å². The van der Waals surface area contributed by atoms with Crippen LogP contribution in [-0.2, 0) is 21.4 Å². The summed E-state index contributed by atoms with van der Waals surface area (Å²) in [6.45, 7) is 1.06. The number of carbonyl (C=O) groups is 1. The van der Waals surface area contributed by atoms with Crippen molar-refractivity contribution in [2.24, 2.45) is 0 Å². The molecular formula is C19H18F2N4O4S. The van der Waals surface area contributed by atoms with E-state index in [0.29, 0.717) is 16.2 Å². The first kappa shape index (κ1) is 21.4. The molecule has 0 bridgehead atoms. The number of benzene rings is 2. The lowest BCUT2D eigenvalue weighted by Gasteiger charge is -2.22. The van der Waals surface area contributed by atoms with Crippen molar-refractivity contribution in [2.45, 2.75) is 13.5 Å². The van der Waals surface area contributed by atoms with Crippen molar-refractivity contribution in [2.75, 3.05) is 17.1 Å². The highest BCUT2D eigenvalue weighted by Gasteiger charge is 2.24. The molecule has 0 saturated heterocycles. The number of amides is 1. The van der Waals surface area contributed by atoms with Gasteiger partial charge in [0.2, 0.25) is 27.6 Å². The van der Waals surface area contributed by atoms with Gasteiger partial charge in [0.1, 0.15) is 18.2 Å². The molecule has 8 nitrogen and oxygen atoms in total. The summed E-state index contributed by atoms with van der Waals surface area (Å²) in [5.74, 6) is -2.25. The highest BCUT2D eigenvalue weighted by molar-refractivity contribution is 7.92. The molecule has 1 heterocycles. The van der Waals surface area contributed by atoms with Gasteiger partial charge in [0, 0.05) is 11.6 Å². The second-order valence-corrected chi connectivity index (χ2v) is 8.43. The number of nitrogens with zero attached hydrogens (tertiary/aromatic N) is 3. The highest BCUT2D eigenvalue weighted by Crippen LogP contribution is 2.22.